The zero-order chi connectivity index (χ0) is 11.6. The van der Waals surface area contributed by atoms with Crippen LogP contribution < -0.4 is 5.73 Å². The first kappa shape index (κ1) is 12.4. The molecule has 0 spiro atoms. The van der Waals surface area contributed by atoms with Crippen LogP contribution in [0.15, 0.2) is 0 Å². The Bertz CT molecular complexity index is 213. The summed E-state index contributed by atoms with van der Waals surface area (Å²) < 4.78 is 0. The highest BCUT2D eigenvalue weighted by atomic mass is 16.3. The first-order chi connectivity index (χ1) is 7.64. The van der Waals surface area contributed by atoms with Crippen LogP contribution in [0.25, 0.3) is 0 Å². The van der Waals surface area contributed by atoms with E-state index in [-0.39, 0.29) is 11.6 Å². The van der Waals surface area contributed by atoms with E-state index in [1.165, 1.54) is 32.1 Å². The smallest absolute Gasteiger partial charge is 0.0541 e. The van der Waals surface area contributed by atoms with Crippen molar-refractivity contribution < 1.29 is 5.11 Å². The average Bonchev–Trinajstić information content (AvgIpc) is 2.33. The van der Waals surface area contributed by atoms with Gasteiger partial charge in [-0.1, -0.05) is 26.2 Å². The average molecular weight is 225 g/mol. The van der Waals surface area contributed by atoms with Crippen LogP contribution in [0.3, 0.4) is 0 Å². The van der Waals surface area contributed by atoms with Gasteiger partial charge in [-0.3, -0.25) is 0 Å². The van der Waals surface area contributed by atoms with E-state index in [0.717, 1.165) is 37.5 Å². The Balaban J connectivity index is 1.88. The molecule has 2 aliphatic rings. The summed E-state index contributed by atoms with van der Waals surface area (Å²) in [6.45, 7) is 2.31. The quantitative estimate of drug-likeness (QED) is 0.759. The van der Waals surface area contributed by atoms with E-state index < -0.39 is 0 Å². The standard InChI is InChI=1S/C14H27NO/c1-2-11-3-5-12(6-4-11)14(15)9-7-13(16)8-10-14/h11-13,16H,2-10,15H2,1H3. The lowest BCUT2D eigenvalue weighted by atomic mass is 9.66. The minimum atomic E-state index is -0.0799. The summed E-state index contributed by atoms with van der Waals surface area (Å²) in [6.07, 6.45) is 10.6. The van der Waals surface area contributed by atoms with Gasteiger partial charge in [0.25, 0.3) is 0 Å². The maximum atomic E-state index is 9.56. The summed E-state index contributed by atoms with van der Waals surface area (Å²) in [7, 11) is 0. The number of aliphatic hydroxyl groups is 1. The normalized spacial score (nSPS) is 45.6. The zero-order valence-corrected chi connectivity index (χ0v) is 10.6. The molecule has 2 saturated carbocycles. The van der Waals surface area contributed by atoms with Gasteiger partial charge in [0, 0.05) is 5.54 Å². The Kier molecular flexibility index (Phi) is 3.91. The number of hydrogen-bond donors (Lipinski definition) is 2. The van der Waals surface area contributed by atoms with Gasteiger partial charge in [-0.05, 0) is 50.4 Å². The molecule has 2 rings (SSSR count). The molecule has 94 valence electrons. The summed E-state index contributed by atoms with van der Waals surface area (Å²) in [5.41, 5.74) is 6.63. The Labute approximate surface area is 99.6 Å². The largest absolute Gasteiger partial charge is 0.393 e. The topological polar surface area (TPSA) is 46.2 Å². The fraction of sp³-hybridized carbons (Fsp3) is 1.00. The van der Waals surface area contributed by atoms with Crippen LogP contribution in [0.1, 0.15) is 64.7 Å². The highest BCUT2D eigenvalue weighted by molar-refractivity contribution is 4.96. The number of nitrogens with two attached hydrogens (primary N) is 1. The first-order valence-electron chi connectivity index (χ1n) is 7.11. The molecular formula is C14H27NO. The van der Waals surface area contributed by atoms with Gasteiger partial charge >= 0.3 is 0 Å². The summed E-state index contributed by atoms with van der Waals surface area (Å²) in [5.74, 6) is 1.68. The van der Waals surface area contributed by atoms with E-state index in [1.54, 1.807) is 0 Å². The van der Waals surface area contributed by atoms with Crippen LogP contribution in [0.2, 0.25) is 0 Å². The Morgan fingerprint density at radius 1 is 1.06 bits per heavy atom. The van der Waals surface area contributed by atoms with Crippen molar-refractivity contribution in [2.75, 3.05) is 0 Å². The van der Waals surface area contributed by atoms with Crippen molar-refractivity contribution in [2.45, 2.75) is 76.4 Å². The monoisotopic (exact) mass is 225 g/mol. The van der Waals surface area contributed by atoms with Crippen molar-refractivity contribution in [2.24, 2.45) is 17.6 Å². The Morgan fingerprint density at radius 2 is 1.62 bits per heavy atom. The third kappa shape index (κ3) is 2.60. The number of rotatable bonds is 2. The lowest BCUT2D eigenvalue weighted by molar-refractivity contribution is 0.0583. The van der Waals surface area contributed by atoms with Crippen molar-refractivity contribution in [3.05, 3.63) is 0 Å². The molecule has 0 heterocycles. The van der Waals surface area contributed by atoms with Crippen LogP contribution in [0.4, 0.5) is 0 Å². The van der Waals surface area contributed by atoms with Gasteiger partial charge in [0.05, 0.1) is 6.10 Å². The summed E-state index contributed by atoms with van der Waals surface area (Å²) in [6, 6.07) is 0. The summed E-state index contributed by atoms with van der Waals surface area (Å²) >= 11 is 0. The minimum absolute atomic E-state index is 0.0535. The van der Waals surface area contributed by atoms with E-state index >= 15 is 0 Å². The van der Waals surface area contributed by atoms with E-state index in [1.807, 2.05) is 0 Å². The molecule has 3 N–H and O–H groups in total. The summed E-state index contributed by atoms with van der Waals surface area (Å²) in [4.78, 5) is 0. The van der Waals surface area contributed by atoms with Crippen LogP contribution in [-0.4, -0.2) is 16.7 Å². The maximum Gasteiger partial charge on any atom is 0.0541 e. The maximum absolute atomic E-state index is 9.56. The lowest BCUT2D eigenvalue weighted by Gasteiger charge is -2.44. The van der Waals surface area contributed by atoms with Crippen LogP contribution in [0.5, 0.6) is 0 Å². The minimum Gasteiger partial charge on any atom is -0.393 e. The van der Waals surface area contributed by atoms with Crippen molar-refractivity contribution in [1.29, 1.82) is 0 Å². The number of hydrogen-bond acceptors (Lipinski definition) is 2. The molecule has 0 amide bonds. The van der Waals surface area contributed by atoms with Gasteiger partial charge in [0.1, 0.15) is 0 Å². The molecule has 0 atom stereocenters. The molecule has 0 unspecified atom stereocenters. The SMILES string of the molecule is CCC1CCC(C2(N)CCC(O)CC2)CC1. The molecule has 0 aliphatic heterocycles. The molecular weight excluding hydrogens is 198 g/mol. The molecule has 2 fully saturated rings. The molecule has 2 aliphatic carbocycles. The third-order valence-electron chi connectivity index (χ3n) is 5.12. The molecule has 0 saturated heterocycles. The predicted octanol–water partition coefficient (Wildman–Crippen LogP) is 2.84. The third-order valence-corrected chi connectivity index (χ3v) is 5.12. The van der Waals surface area contributed by atoms with Crippen molar-refractivity contribution in [3.8, 4) is 0 Å². The van der Waals surface area contributed by atoms with E-state index in [2.05, 4.69) is 6.92 Å². The fourth-order valence-electron chi connectivity index (χ4n) is 3.69. The Morgan fingerprint density at radius 3 is 2.12 bits per heavy atom. The van der Waals surface area contributed by atoms with Crippen molar-refractivity contribution in [3.63, 3.8) is 0 Å². The van der Waals surface area contributed by atoms with Gasteiger partial charge in [-0.2, -0.15) is 0 Å². The van der Waals surface area contributed by atoms with Gasteiger partial charge in [-0.15, -0.1) is 0 Å². The van der Waals surface area contributed by atoms with E-state index in [9.17, 15) is 5.11 Å². The number of aliphatic hydroxyl groups excluding tert-OH is 1. The van der Waals surface area contributed by atoms with E-state index in [0.29, 0.717) is 0 Å². The predicted molar refractivity (Wildman–Crippen MR) is 67.1 cm³/mol. The summed E-state index contributed by atoms with van der Waals surface area (Å²) in [5, 5.41) is 9.56. The molecule has 0 aromatic rings. The van der Waals surface area contributed by atoms with Crippen molar-refractivity contribution >= 4 is 0 Å². The van der Waals surface area contributed by atoms with E-state index in [4.69, 9.17) is 5.73 Å². The van der Waals surface area contributed by atoms with Gasteiger partial charge < -0.3 is 10.8 Å². The second kappa shape index (κ2) is 5.05. The van der Waals surface area contributed by atoms with Crippen molar-refractivity contribution in [1.82, 2.24) is 0 Å². The van der Waals surface area contributed by atoms with Gasteiger partial charge in [-0.25, -0.2) is 0 Å². The molecule has 0 aromatic carbocycles. The molecule has 0 bridgehead atoms. The highest BCUT2D eigenvalue weighted by Crippen LogP contribution is 2.41. The Hall–Kier alpha value is -0.0800. The second-order valence-corrected chi connectivity index (χ2v) is 6.09. The molecule has 2 heteroatoms. The van der Waals surface area contributed by atoms with Gasteiger partial charge in [0.2, 0.25) is 0 Å². The highest BCUT2D eigenvalue weighted by Gasteiger charge is 2.39. The fourth-order valence-corrected chi connectivity index (χ4v) is 3.69. The van der Waals surface area contributed by atoms with Gasteiger partial charge in [0.15, 0.2) is 0 Å². The molecule has 16 heavy (non-hydrogen) atoms. The molecule has 0 radical (unpaired) electrons. The second-order valence-electron chi connectivity index (χ2n) is 6.09. The lowest BCUT2D eigenvalue weighted by Crippen LogP contribution is -2.51. The molecule has 0 aromatic heterocycles. The van der Waals surface area contributed by atoms with Crippen LogP contribution in [-0.2, 0) is 0 Å². The van der Waals surface area contributed by atoms with Crippen LogP contribution >= 0.6 is 0 Å². The zero-order valence-electron chi connectivity index (χ0n) is 10.6. The molecule has 2 nitrogen and oxygen atoms in total. The first-order valence-corrected chi connectivity index (χ1v) is 7.11. The van der Waals surface area contributed by atoms with Crippen LogP contribution in [0, 0.1) is 11.8 Å².